The van der Waals surface area contributed by atoms with Crippen LogP contribution < -0.4 is 5.73 Å². The lowest BCUT2D eigenvalue weighted by molar-refractivity contribution is -0.162. The molecule has 3 N–H and O–H groups in total. The Morgan fingerprint density at radius 3 is 2.30 bits per heavy atom. The van der Waals surface area contributed by atoms with Gasteiger partial charge in [-0.2, -0.15) is 13.2 Å². The molecule has 116 valence electrons. The smallest absolute Gasteiger partial charge is 0.397 e. The van der Waals surface area contributed by atoms with Crippen LogP contribution in [0.1, 0.15) is 19.8 Å². The molecule has 6 nitrogen and oxygen atoms in total. The van der Waals surface area contributed by atoms with Crippen LogP contribution >= 0.6 is 0 Å². The Morgan fingerprint density at radius 1 is 1.35 bits per heavy atom. The minimum atomic E-state index is -4.48. The van der Waals surface area contributed by atoms with Crippen molar-refractivity contribution in [2.45, 2.75) is 32.0 Å². The van der Waals surface area contributed by atoms with E-state index in [4.69, 9.17) is 10.9 Å². The molecule has 0 aromatic carbocycles. The van der Waals surface area contributed by atoms with Crippen molar-refractivity contribution in [2.75, 3.05) is 26.2 Å². The van der Waals surface area contributed by atoms with Crippen molar-refractivity contribution in [1.29, 1.82) is 0 Å². The second kappa shape index (κ2) is 6.78. The van der Waals surface area contributed by atoms with Crippen LogP contribution in [0.15, 0.2) is 5.16 Å². The maximum absolute atomic E-state index is 12.2. The first kappa shape index (κ1) is 16.5. The average Bonchev–Trinajstić information content (AvgIpc) is 2.38. The summed E-state index contributed by atoms with van der Waals surface area (Å²) in [7, 11) is 0. The number of piperazine rings is 1. The molecule has 0 aromatic rings. The summed E-state index contributed by atoms with van der Waals surface area (Å²) in [6.07, 6.45) is -5.29. The summed E-state index contributed by atoms with van der Waals surface area (Å²) in [6, 6.07) is -0.264. The average molecular weight is 296 g/mol. The zero-order valence-corrected chi connectivity index (χ0v) is 11.2. The molecule has 0 saturated carbocycles. The largest absolute Gasteiger partial charge is 0.409 e. The number of rotatable bonds is 4. The molecule has 1 rings (SSSR count). The van der Waals surface area contributed by atoms with Crippen LogP contribution in [0.4, 0.5) is 13.2 Å². The molecule has 1 atom stereocenters. The molecule has 1 aliphatic rings. The Balaban J connectivity index is 2.53. The molecule has 1 amide bonds. The van der Waals surface area contributed by atoms with Gasteiger partial charge in [-0.3, -0.25) is 9.69 Å². The number of hydrogen-bond donors (Lipinski definition) is 2. The van der Waals surface area contributed by atoms with Crippen LogP contribution in [-0.2, 0) is 4.79 Å². The van der Waals surface area contributed by atoms with Crippen LogP contribution in [-0.4, -0.2) is 65.1 Å². The number of alkyl halides is 3. The van der Waals surface area contributed by atoms with Gasteiger partial charge in [0.05, 0.1) is 6.04 Å². The Labute approximate surface area is 115 Å². The fraction of sp³-hybridized carbons (Fsp3) is 0.818. The first-order valence-electron chi connectivity index (χ1n) is 6.34. The van der Waals surface area contributed by atoms with Crippen LogP contribution in [0.5, 0.6) is 0 Å². The number of oxime groups is 1. The van der Waals surface area contributed by atoms with E-state index in [0.717, 1.165) is 0 Å². The molecule has 1 saturated heterocycles. The predicted octanol–water partition coefficient (Wildman–Crippen LogP) is 0.608. The van der Waals surface area contributed by atoms with Gasteiger partial charge in [-0.15, -0.1) is 0 Å². The highest BCUT2D eigenvalue weighted by Crippen LogP contribution is 2.21. The number of halogens is 3. The quantitative estimate of drug-likeness (QED) is 0.345. The maximum atomic E-state index is 12.2. The third-order valence-electron chi connectivity index (χ3n) is 3.30. The van der Waals surface area contributed by atoms with Gasteiger partial charge in [0.1, 0.15) is 6.42 Å². The summed E-state index contributed by atoms with van der Waals surface area (Å²) < 4.78 is 36.5. The van der Waals surface area contributed by atoms with Crippen molar-refractivity contribution >= 4 is 11.7 Å². The van der Waals surface area contributed by atoms with Crippen molar-refractivity contribution in [3.63, 3.8) is 0 Å². The fourth-order valence-electron chi connectivity index (χ4n) is 2.29. The van der Waals surface area contributed by atoms with Crippen molar-refractivity contribution in [3.8, 4) is 0 Å². The topological polar surface area (TPSA) is 82.2 Å². The molecule has 0 radical (unpaired) electrons. The van der Waals surface area contributed by atoms with E-state index < -0.39 is 18.5 Å². The normalized spacial score (nSPS) is 20.0. The van der Waals surface area contributed by atoms with Gasteiger partial charge in [0.25, 0.3) is 0 Å². The summed E-state index contributed by atoms with van der Waals surface area (Å²) in [4.78, 5) is 14.5. The van der Waals surface area contributed by atoms with Crippen LogP contribution in [0.3, 0.4) is 0 Å². The summed E-state index contributed by atoms with van der Waals surface area (Å²) in [5.74, 6) is -0.837. The van der Waals surface area contributed by atoms with Gasteiger partial charge in [-0.25, -0.2) is 0 Å². The van der Waals surface area contributed by atoms with Gasteiger partial charge in [0.15, 0.2) is 5.84 Å². The van der Waals surface area contributed by atoms with E-state index >= 15 is 0 Å². The fourth-order valence-corrected chi connectivity index (χ4v) is 2.29. The van der Waals surface area contributed by atoms with E-state index in [9.17, 15) is 18.0 Å². The first-order valence-corrected chi connectivity index (χ1v) is 6.34. The highest BCUT2D eigenvalue weighted by atomic mass is 19.4. The Hall–Kier alpha value is -1.51. The van der Waals surface area contributed by atoms with Crippen LogP contribution in [0.2, 0.25) is 0 Å². The summed E-state index contributed by atoms with van der Waals surface area (Å²) in [5, 5.41) is 11.6. The molecule has 0 aromatic heterocycles. The second-order valence-corrected chi connectivity index (χ2v) is 4.66. The van der Waals surface area contributed by atoms with Gasteiger partial charge >= 0.3 is 6.18 Å². The monoisotopic (exact) mass is 296 g/mol. The third kappa shape index (κ3) is 4.55. The summed E-state index contributed by atoms with van der Waals surface area (Å²) in [5.41, 5.74) is 5.57. The summed E-state index contributed by atoms with van der Waals surface area (Å²) in [6.45, 7) is 3.09. The van der Waals surface area contributed by atoms with Gasteiger partial charge in [-0.1, -0.05) is 12.1 Å². The molecule has 0 aliphatic carbocycles. The number of carbonyl (C=O) groups is 1. The standard InChI is InChI=1S/C11H19F3N4O2/c1-2-8(10(15)16-20)17-3-5-18(6-4-17)9(19)7-11(12,13)14/h8,20H,2-7H2,1H3,(H2,15,16). The third-order valence-corrected chi connectivity index (χ3v) is 3.30. The zero-order chi connectivity index (χ0) is 15.3. The van der Waals surface area contributed by atoms with E-state index in [0.29, 0.717) is 19.5 Å². The molecule has 20 heavy (non-hydrogen) atoms. The Kier molecular flexibility index (Phi) is 5.61. The highest BCUT2D eigenvalue weighted by molar-refractivity contribution is 5.85. The number of carbonyl (C=O) groups excluding carboxylic acids is 1. The number of hydrogen-bond acceptors (Lipinski definition) is 4. The van der Waals surface area contributed by atoms with Gasteiger partial charge in [0, 0.05) is 26.2 Å². The lowest BCUT2D eigenvalue weighted by atomic mass is 10.1. The predicted molar refractivity (Wildman–Crippen MR) is 66.3 cm³/mol. The number of nitrogens with two attached hydrogens (primary N) is 1. The zero-order valence-electron chi connectivity index (χ0n) is 11.2. The Bertz CT molecular complexity index is 365. The molecular weight excluding hydrogens is 277 g/mol. The summed E-state index contributed by atoms with van der Waals surface area (Å²) >= 11 is 0. The van der Waals surface area contributed by atoms with Gasteiger partial charge in [0.2, 0.25) is 5.91 Å². The molecule has 1 heterocycles. The van der Waals surface area contributed by atoms with E-state index in [1.54, 1.807) is 0 Å². The minimum absolute atomic E-state index is 0.0718. The Morgan fingerprint density at radius 2 is 1.90 bits per heavy atom. The molecule has 0 bridgehead atoms. The molecule has 1 aliphatic heterocycles. The minimum Gasteiger partial charge on any atom is -0.409 e. The highest BCUT2D eigenvalue weighted by Gasteiger charge is 2.35. The number of amidine groups is 1. The molecular formula is C11H19F3N4O2. The van der Waals surface area contributed by atoms with E-state index in [-0.39, 0.29) is 25.0 Å². The molecule has 0 spiro atoms. The van der Waals surface area contributed by atoms with Crippen molar-refractivity contribution in [2.24, 2.45) is 10.9 Å². The van der Waals surface area contributed by atoms with E-state index in [1.807, 2.05) is 11.8 Å². The second-order valence-electron chi connectivity index (χ2n) is 4.66. The number of nitrogens with zero attached hydrogens (tertiary/aromatic N) is 3. The van der Waals surface area contributed by atoms with Crippen molar-refractivity contribution in [3.05, 3.63) is 0 Å². The van der Waals surface area contributed by atoms with Crippen LogP contribution in [0.25, 0.3) is 0 Å². The molecule has 9 heteroatoms. The maximum Gasteiger partial charge on any atom is 0.397 e. The van der Waals surface area contributed by atoms with Crippen molar-refractivity contribution in [1.82, 2.24) is 9.80 Å². The lowest BCUT2D eigenvalue weighted by Gasteiger charge is -2.38. The lowest BCUT2D eigenvalue weighted by Crippen LogP contribution is -2.55. The SMILES string of the molecule is CCC(C(N)=NO)N1CCN(C(=O)CC(F)(F)F)CC1. The first-order chi connectivity index (χ1) is 9.28. The molecule has 1 unspecified atom stereocenters. The van der Waals surface area contributed by atoms with Crippen LogP contribution in [0, 0.1) is 0 Å². The number of amides is 1. The van der Waals surface area contributed by atoms with E-state index in [2.05, 4.69) is 5.16 Å². The van der Waals surface area contributed by atoms with Crippen molar-refractivity contribution < 1.29 is 23.2 Å². The van der Waals surface area contributed by atoms with Gasteiger partial charge in [-0.05, 0) is 6.42 Å². The van der Waals surface area contributed by atoms with Gasteiger partial charge < -0.3 is 15.8 Å². The van der Waals surface area contributed by atoms with E-state index in [1.165, 1.54) is 4.90 Å². The molecule has 1 fully saturated rings.